The minimum absolute atomic E-state index is 0.0783. The van der Waals surface area contributed by atoms with Crippen LogP contribution in [0, 0.1) is 0 Å². The van der Waals surface area contributed by atoms with Gasteiger partial charge in [0.25, 0.3) is 0 Å². The normalized spacial score (nSPS) is 17.5. The van der Waals surface area contributed by atoms with Crippen LogP contribution < -0.4 is 5.73 Å². The lowest BCUT2D eigenvalue weighted by molar-refractivity contribution is 0.221. The van der Waals surface area contributed by atoms with Gasteiger partial charge in [-0.15, -0.1) is 0 Å². The van der Waals surface area contributed by atoms with Crippen LogP contribution in [0.1, 0.15) is 18.4 Å². The lowest BCUT2D eigenvalue weighted by Crippen LogP contribution is -2.27. The van der Waals surface area contributed by atoms with Gasteiger partial charge in [0.15, 0.2) is 0 Å². The van der Waals surface area contributed by atoms with Crippen LogP contribution >= 0.6 is 15.9 Å². The Kier molecular flexibility index (Phi) is 4.02. The molecule has 2 nitrogen and oxygen atoms in total. The largest absolute Gasteiger partial charge is 0.501 e. The maximum Gasteiger partial charge on any atom is 0.0876 e. The van der Waals surface area contributed by atoms with Crippen molar-refractivity contribution < 1.29 is 4.74 Å². The second-order valence-electron chi connectivity index (χ2n) is 4.11. The van der Waals surface area contributed by atoms with Crippen LogP contribution in [0.2, 0.25) is 0 Å². The van der Waals surface area contributed by atoms with Crippen molar-refractivity contribution in [2.45, 2.75) is 25.3 Å². The van der Waals surface area contributed by atoms with E-state index in [0.717, 1.165) is 30.3 Å². The SMILES string of the molecule is NC(Cc1cccc(Br)c1)C1=COCCC1. The summed E-state index contributed by atoms with van der Waals surface area (Å²) in [7, 11) is 0. The average Bonchev–Trinajstić information content (AvgIpc) is 2.30. The first kappa shape index (κ1) is 11.7. The molecule has 1 aliphatic rings. The molecule has 86 valence electrons. The van der Waals surface area contributed by atoms with E-state index in [0.29, 0.717) is 0 Å². The van der Waals surface area contributed by atoms with E-state index in [1.54, 1.807) is 0 Å². The molecule has 0 saturated carbocycles. The van der Waals surface area contributed by atoms with Gasteiger partial charge in [-0.05, 0) is 42.5 Å². The molecule has 1 aliphatic heterocycles. The van der Waals surface area contributed by atoms with E-state index in [2.05, 4.69) is 28.1 Å². The summed E-state index contributed by atoms with van der Waals surface area (Å²) in [5.41, 5.74) is 8.65. The zero-order valence-corrected chi connectivity index (χ0v) is 10.7. The number of halogens is 1. The van der Waals surface area contributed by atoms with Crippen LogP contribution in [0.3, 0.4) is 0 Å². The fourth-order valence-electron chi connectivity index (χ4n) is 1.91. The van der Waals surface area contributed by atoms with Crippen molar-refractivity contribution >= 4 is 15.9 Å². The molecule has 0 spiro atoms. The fraction of sp³-hybridized carbons (Fsp3) is 0.385. The molecule has 2 N–H and O–H groups in total. The van der Waals surface area contributed by atoms with Crippen molar-refractivity contribution in [3.05, 3.63) is 46.1 Å². The molecule has 0 aromatic heterocycles. The molecular formula is C13H16BrNO. The molecule has 1 aromatic carbocycles. The smallest absolute Gasteiger partial charge is 0.0876 e. The molecule has 0 amide bonds. The summed E-state index contributed by atoms with van der Waals surface area (Å²) in [6.45, 7) is 0.826. The molecule has 1 heterocycles. The van der Waals surface area contributed by atoms with E-state index < -0.39 is 0 Å². The molecule has 0 aliphatic carbocycles. The zero-order valence-electron chi connectivity index (χ0n) is 9.16. The predicted molar refractivity (Wildman–Crippen MR) is 69.1 cm³/mol. The molecule has 16 heavy (non-hydrogen) atoms. The third kappa shape index (κ3) is 3.09. The highest BCUT2D eigenvalue weighted by atomic mass is 79.9. The van der Waals surface area contributed by atoms with Crippen molar-refractivity contribution in [3.8, 4) is 0 Å². The van der Waals surface area contributed by atoms with Gasteiger partial charge in [-0.25, -0.2) is 0 Å². The second-order valence-corrected chi connectivity index (χ2v) is 5.02. The first-order valence-electron chi connectivity index (χ1n) is 5.56. The Morgan fingerprint density at radius 1 is 1.44 bits per heavy atom. The topological polar surface area (TPSA) is 35.2 Å². The molecule has 1 unspecified atom stereocenters. The van der Waals surface area contributed by atoms with Crippen molar-refractivity contribution in [1.82, 2.24) is 0 Å². The highest BCUT2D eigenvalue weighted by molar-refractivity contribution is 9.10. The van der Waals surface area contributed by atoms with Gasteiger partial charge in [-0.2, -0.15) is 0 Å². The lowest BCUT2D eigenvalue weighted by Gasteiger charge is -2.19. The van der Waals surface area contributed by atoms with Crippen molar-refractivity contribution in [2.75, 3.05) is 6.61 Å². The van der Waals surface area contributed by atoms with Crippen LogP contribution in [0.4, 0.5) is 0 Å². The van der Waals surface area contributed by atoms with Crippen LogP contribution in [0.15, 0.2) is 40.6 Å². The zero-order chi connectivity index (χ0) is 11.4. The number of rotatable bonds is 3. The highest BCUT2D eigenvalue weighted by Crippen LogP contribution is 2.19. The molecule has 1 atom stereocenters. The molecule has 1 aromatic rings. The summed E-state index contributed by atoms with van der Waals surface area (Å²) in [5, 5.41) is 0. The highest BCUT2D eigenvalue weighted by Gasteiger charge is 2.13. The Morgan fingerprint density at radius 3 is 3.00 bits per heavy atom. The van der Waals surface area contributed by atoms with Gasteiger partial charge >= 0.3 is 0 Å². The third-order valence-corrected chi connectivity index (χ3v) is 3.28. The van der Waals surface area contributed by atoms with Crippen molar-refractivity contribution in [3.63, 3.8) is 0 Å². The maximum absolute atomic E-state index is 6.17. The Labute approximate surface area is 105 Å². The fourth-order valence-corrected chi connectivity index (χ4v) is 2.35. The van der Waals surface area contributed by atoms with E-state index in [-0.39, 0.29) is 6.04 Å². The van der Waals surface area contributed by atoms with Gasteiger partial charge in [0.05, 0.1) is 12.9 Å². The van der Waals surface area contributed by atoms with Crippen LogP contribution in [-0.4, -0.2) is 12.6 Å². The van der Waals surface area contributed by atoms with Gasteiger partial charge in [0.1, 0.15) is 0 Å². The third-order valence-electron chi connectivity index (χ3n) is 2.78. The molecule has 0 fully saturated rings. The van der Waals surface area contributed by atoms with Crippen molar-refractivity contribution in [1.29, 1.82) is 0 Å². The molecular weight excluding hydrogens is 266 g/mol. The first-order valence-corrected chi connectivity index (χ1v) is 6.35. The molecule has 3 heteroatoms. The van der Waals surface area contributed by atoms with E-state index >= 15 is 0 Å². The summed E-state index contributed by atoms with van der Waals surface area (Å²) in [6.07, 6.45) is 4.86. The number of hydrogen-bond acceptors (Lipinski definition) is 2. The summed E-state index contributed by atoms with van der Waals surface area (Å²) in [5.74, 6) is 0. The van der Waals surface area contributed by atoms with Gasteiger partial charge in [-0.3, -0.25) is 0 Å². The molecule has 0 saturated heterocycles. The monoisotopic (exact) mass is 281 g/mol. The number of ether oxygens (including phenoxy) is 1. The maximum atomic E-state index is 6.17. The van der Waals surface area contributed by atoms with E-state index in [1.807, 2.05) is 18.4 Å². The summed E-state index contributed by atoms with van der Waals surface area (Å²) in [6, 6.07) is 8.36. The molecule has 2 rings (SSSR count). The molecule has 0 bridgehead atoms. The van der Waals surface area contributed by atoms with Crippen molar-refractivity contribution in [2.24, 2.45) is 5.73 Å². The van der Waals surface area contributed by atoms with Crippen LogP contribution in [-0.2, 0) is 11.2 Å². The van der Waals surface area contributed by atoms with Gasteiger partial charge in [-0.1, -0.05) is 28.1 Å². The van der Waals surface area contributed by atoms with Gasteiger partial charge in [0.2, 0.25) is 0 Å². The summed E-state index contributed by atoms with van der Waals surface area (Å²) in [4.78, 5) is 0. The van der Waals surface area contributed by atoms with Gasteiger partial charge in [0, 0.05) is 10.5 Å². The number of benzene rings is 1. The lowest BCUT2D eigenvalue weighted by atomic mass is 9.96. The quantitative estimate of drug-likeness (QED) is 0.925. The Hall–Kier alpha value is -0.800. The molecule has 0 radical (unpaired) electrons. The minimum Gasteiger partial charge on any atom is -0.501 e. The van der Waals surface area contributed by atoms with Crippen LogP contribution in [0.25, 0.3) is 0 Å². The van der Waals surface area contributed by atoms with Gasteiger partial charge < -0.3 is 10.5 Å². The van der Waals surface area contributed by atoms with E-state index in [9.17, 15) is 0 Å². The summed E-state index contributed by atoms with van der Waals surface area (Å²) < 4.78 is 6.42. The second kappa shape index (κ2) is 5.51. The number of nitrogens with two attached hydrogens (primary N) is 1. The first-order chi connectivity index (χ1) is 7.75. The Morgan fingerprint density at radius 2 is 2.31 bits per heavy atom. The number of hydrogen-bond donors (Lipinski definition) is 1. The predicted octanol–water partition coefficient (Wildman–Crippen LogP) is 3.01. The van der Waals surface area contributed by atoms with E-state index in [1.165, 1.54) is 11.1 Å². The minimum atomic E-state index is 0.0783. The standard InChI is InChI=1S/C13H16BrNO/c14-12-5-1-3-10(7-12)8-13(15)11-4-2-6-16-9-11/h1,3,5,7,9,13H,2,4,6,8,15H2. The Bertz CT molecular complexity index is 389. The average molecular weight is 282 g/mol. The van der Waals surface area contributed by atoms with E-state index in [4.69, 9.17) is 10.5 Å². The van der Waals surface area contributed by atoms with Crippen LogP contribution in [0.5, 0.6) is 0 Å². The Balaban J connectivity index is 2.01. The summed E-state index contributed by atoms with van der Waals surface area (Å²) >= 11 is 3.47.